The van der Waals surface area contributed by atoms with Crippen molar-refractivity contribution in [3.05, 3.63) is 95.3 Å². The highest BCUT2D eigenvalue weighted by molar-refractivity contribution is 7.90. The predicted octanol–water partition coefficient (Wildman–Crippen LogP) is 3.04. The van der Waals surface area contributed by atoms with Crippen molar-refractivity contribution in [3.63, 3.8) is 0 Å². The van der Waals surface area contributed by atoms with Crippen LogP contribution in [0.2, 0.25) is 0 Å². The Bertz CT molecular complexity index is 1590. The van der Waals surface area contributed by atoms with Gasteiger partial charge < -0.3 is 19.7 Å². The average molecular weight is 596 g/mol. The van der Waals surface area contributed by atoms with E-state index in [2.05, 4.69) is 5.32 Å². The van der Waals surface area contributed by atoms with E-state index in [1.807, 2.05) is 0 Å². The minimum atomic E-state index is -4.30. The molecular formula is C30H30FN3O7S. The van der Waals surface area contributed by atoms with Crippen LogP contribution >= 0.6 is 0 Å². The van der Waals surface area contributed by atoms with E-state index in [1.165, 1.54) is 60.5 Å². The molecule has 2 aliphatic heterocycles. The van der Waals surface area contributed by atoms with Gasteiger partial charge in [-0.05, 0) is 60.4 Å². The number of carbonyl (C=O) groups excluding carboxylic acids is 3. The summed E-state index contributed by atoms with van der Waals surface area (Å²) in [5, 5.41) is 2.87. The lowest BCUT2D eigenvalue weighted by molar-refractivity contribution is -0.141. The van der Waals surface area contributed by atoms with Crippen molar-refractivity contribution in [1.29, 1.82) is 0 Å². The Balaban J connectivity index is 1.52. The Hall–Kier alpha value is -4.29. The number of fused-ring (bicyclic) bond motifs is 1. The van der Waals surface area contributed by atoms with Crippen molar-refractivity contribution in [1.82, 2.24) is 14.5 Å². The molecule has 1 saturated heterocycles. The van der Waals surface area contributed by atoms with Gasteiger partial charge in [-0.2, -0.15) is 0 Å². The smallest absolute Gasteiger partial charge is 0.269 e. The van der Waals surface area contributed by atoms with Crippen molar-refractivity contribution in [2.45, 2.75) is 36.4 Å². The maximum Gasteiger partial charge on any atom is 0.269 e. The summed E-state index contributed by atoms with van der Waals surface area (Å²) in [6, 6.07) is 16.5. The number of benzene rings is 3. The maximum absolute atomic E-state index is 14.0. The third kappa shape index (κ3) is 6.00. The predicted molar refractivity (Wildman–Crippen MR) is 149 cm³/mol. The minimum Gasteiger partial charge on any atom is -0.497 e. The molecule has 0 radical (unpaired) electrons. The summed E-state index contributed by atoms with van der Waals surface area (Å²) in [6.45, 7) is -0.207. The van der Waals surface area contributed by atoms with E-state index in [-0.39, 0.29) is 29.7 Å². The molecular weight excluding hydrogens is 565 g/mol. The van der Waals surface area contributed by atoms with E-state index < -0.39 is 46.1 Å². The monoisotopic (exact) mass is 595 g/mol. The first kappa shape index (κ1) is 29.2. The van der Waals surface area contributed by atoms with Crippen LogP contribution in [0.1, 0.15) is 40.4 Å². The second kappa shape index (κ2) is 12.3. The molecule has 0 aromatic heterocycles. The van der Waals surface area contributed by atoms with Gasteiger partial charge in [0.15, 0.2) is 0 Å². The highest BCUT2D eigenvalue weighted by Crippen LogP contribution is 2.32. The molecule has 5 rings (SSSR count). The number of amides is 3. The van der Waals surface area contributed by atoms with Crippen molar-refractivity contribution in [2.75, 3.05) is 26.8 Å². The first-order chi connectivity index (χ1) is 20.2. The number of hydrogen-bond acceptors (Lipinski definition) is 7. The third-order valence-corrected chi connectivity index (χ3v) is 9.06. The van der Waals surface area contributed by atoms with Crippen LogP contribution in [0.25, 0.3) is 0 Å². The summed E-state index contributed by atoms with van der Waals surface area (Å²) in [5.74, 6) is -2.22. The van der Waals surface area contributed by atoms with Gasteiger partial charge in [-0.1, -0.05) is 36.4 Å². The molecule has 2 heterocycles. The maximum atomic E-state index is 14.0. The van der Waals surface area contributed by atoms with Gasteiger partial charge in [0.2, 0.25) is 11.8 Å². The van der Waals surface area contributed by atoms with Crippen LogP contribution in [0, 0.1) is 5.82 Å². The molecule has 0 unspecified atom stereocenters. The van der Waals surface area contributed by atoms with E-state index in [0.29, 0.717) is 27.8 Å². The SMILES string of the molecule is COc1cccc([C@H](C(=O)NC[C@H]2CCCO2)N(Cc2ccc(F)cc2)C(=O)CN2C(=O)c3ccccc3S2(=O)=O)c1. The Morgan fingerprint density at radius 3 is 2.57 bits per heavy atom. The molecule has 1 fully saturated rings. The first-order valence-electron chi connectivity index (χ1n) is 13.4. The second-order valence-corrected chi connectivity index (χ2v) is 11.9. The average Bonchev–Trinajstić information content (AvgIpc) is 3.58. The van der Waals surface area contributed by atoms with Gasteiger partial charge >= 0.3 is 0 Å². The summed E-state index contributed by atoms with van der Waals surface area (Å²) in [6.07, 6.45) is 1.47. The van der Waals surface area contributed by atoms with E-state index in [0.717, 1.165) is 12.8 Å². The Labute approximate surface area is 243 Å². The van der Waals surface area contributed by atoms with Crippen molar-refractivity contribution in [2.24, 2.45) is 0 Å². The van der Waals surface area contributed by atoms with Crippen LogP contribution in [0.4, 0.5) is 4.39 Å². The van der Waals surface area contributed by atoms with Crippen molar-refractivity contribution in [3.8, 4) is 5.75 Å². The molecule has 0 spiro atoms. The number of methoxy groups -OCH3 is 1. The molecule has 0 aliphatic carbocycles. The van der Waals surface area contributed by atoms with E-state index in [1.54, 1.807) is 24.3 Å². The van der Waals surface area contributed by atoms with Gasteiger partial charge in [-0.3, -0.25) is 14.4 Å². The summed E-state index contributed by atoms with van der Waals surface area (Å²) < 4.78 is 51.7. The molecule has 3 amide bonds. The van der Waals surface area contributed by atoms with Gasteiger partial charge in [-0.25, -0.2) is 17.1 Å². The molecule has 2 aliphatic rings. The quantitative estimate of drug-likeness (QED) is 0.382. The Morgan fingerprint density at radius 2 is 1.88 bits per heavy atom. The fourth-order valence-electron chi connectivity index (χ4n) is 5.11. The molecule has 12 heteroatoms. The van der Waals surface area contributed by atoms with Gasteiger partial charge in [0.25, 0.3) is 15.9 Å². The summed E-state index contributed by atoms with van der Waals surface area (Å²) in [7, 11) is -2.83. The van der Waals surface area contributed by atoms with Crippen LogP contribution in [-0.2, 0) is 30.9 Å². The number of nitrogens with one attached hydrogen (secondary N) is 1. The van der Waals surface area contributed by atoms with Gasteiger partial charge in [-0.15, -0.1) is 0 Å². The minimum absolute atomic E-state index is 0.0333. The first-order valence-corrected chi connectivity index (χ1v) is 14.9. The summed E-state index contributed by atoms with van der Waals surface area (Å²) in [5.41, 5.74) is 0.853. The molecule has 2 atom stereocenters. The normalized spacial score (nSPS) is 17.9. The largest absolute Gasteiger partial charge is 0.497 e. The number of sulfonamides is 1. The van der Waals surface area contributed by atoms with Gasteiger partial charge in [0, 0.05) is 19.7 Å². The summed E-state index contributed by atoms with van der Waals surface area (Å²) in [4.78, 5) is 42.0. The van der Waals surface area contributed by atoms with Crippen molar-refractivity contribution >= 4 is 27.7 Å². The number of halogens is 1. The van der Waals surface area contributed by atoms with Crippen LogP contribution in [0.15, 0.2) is 77.7 Å². The van der Waals surface area contributed by atoms with Crippen LogP contribution < -0.4 is 10.1 Å². The molecule has 220 valence electrons. The lowest BCUT2D eigenvalue weighted by Crippen LogP contribution is -2.48. The molecule has 0 saturated carbocycles. The number of ether oxygens (including phenoxy) is 2. The molecule has 1 N–H and O–H groups in total. The Kier molecular flexibility index (Phi) is 8.55. The van der Waals surface area contributed by atoms with Crippen molar-refractivity contribution < 1.29 is 36.7 Å². The standard InChI is InChI=1S/C30H30FN3O7S/c1-40-23-7-4-6-21(16-23)28(29(36)32-17-24-8-5-15-41-24)33(18-20-11-13-22(31)14-12-20)27(35)19-34-30(37)25-9-2-3-10-26(25)42(34,38)39/h2-4,6-7,9-14,16,24,28H,5,8,15,17-19H2,1H3,(H,32,36)/t24-,28-/m1/s1. The zero-order valence-electron chi connectivity index (χ0n) is 22.9. The molecule has 3 aromatic carbocycles. The highest BCUT2D eigenvalue weighted by atomic mass is 32.2. The van der Waals surface area contributed by atoms with Gasteiger partial charge in [0.1, 0.15) is 29.0 Å². The topological polar surface area (TPSA) is 122 Å². The molecule has 3 aromatic rings. The molecule has 42 heavy (non-hydrogen) atoms. The lowest BCUT2D eigenvalue weighted by Gasteiger charge is -2.33. The molecule has 0 bridgehead atoms. The number of rotatable bonds is 10. The van der Waals surface area contributed by atoms with E-state index >= 15 is 0 Å². The summed E-state index contributed by atoms with van der Waals surface area (Å²) >= 11 is 0. The van der Waals surface area contributed by atoms with E-state index in [4.69, 9.17) is 9.47 Å². The highest BCUT2D eigenvalue weighted by Gasteiger charge is 2.43. The van der Waals surface area contributed by atoms with Crippen LogP contribution in [0.3, 0.4) is 0 Å². The number of carbonyl (C=O) groups is 3. The zero-order chi connectivity index (χ0) is 29.9. The third-order valence-electron chi connectivity index (χ3n) is 7.27. The van der Waals surface area contributed by atoms with E-state index in [9.17, 15) is 27.2 Å². The van der Waals surface area contributed by atoms with Crippen LogP contribution in [-0.4, -0.2) is 68.3 Å². The Morgan fingerprint density at radius 1 is 1.12 bits per heavy atom. The zero-order valence-corrected chi connectivity index (χ0v) is 23.7. The lowest BCUT2D eigenvalue weighted by atomic mass is 10.0. The fourth-order valence-corrected chi connectivity index (χ4v) is 6.63. The number of nitrogens with zero attached hydrogens (tertiary/aromatic N) is 2. The second-order valence-electron chi connectivity index (χ2n) is 10.0. The fraction of sp³-hybridized carbons (Fsp3) is 0.300. The van der Waals surface area contributed by atoms with Gasteiger partial charge in [0.05, 0.1) is 18.8 Å². The van der Waals surface area contributed by atoms with Crippen LogP contribution in [0.5, 0.6) is 5.75 Å². The number of hydrogen-bond donors (Lipinski definition) is 1. The molecule has 10 nitrogen and oxygen atoms in total.